The SMILES string of the molecule is COc1ccc2[nH]cc(CCN3C(=O)c4ccccc4NC3c3cccc([N+](=O)[O-])c3)c2c1. The molecule has 2 heterocycles. The number of fused-ring (bicyclic) bond motifs is 2. The van der Waals surface area contributed by atoms with E-state index in [2.05, 4.69) is 10.3 Å². The Morgan fingerprint density at radius 3 is 2.76 bits per heavy atom. The molecule has 1 amide bonds. The van der Waals surface area contributed by atoms with Crippen LogP contribution in [0.4, 0.5) is 11.4 Å². The Morgan fingerprint density at radius 1 is 1.09 bits per heavy atom. The van der Waals surface area contributed by atoms with Crippen LogP contribution in [-0.2, 0) is 6.42 Å². The van der Waals surface area contributed by atoms with E-state index >= 15 is 0 Å². The van der Waals surface area contributed by atoms with Gasteiger partial charge in [0.1, 0.15) is 11.9 Å². The lowest BCUT2D eigenvalue weighted by Gasteiger charge is -2.38. The number of anilines is 1. The summed E-state index contributed by atoms with van der Waals surface area (Å²) in [4.78, 5) is 29.4. The Hall–Kier alpha value is -4.33. The summed E-state index contributed by atoms with van der Waals surface area (Å²) in [5.41, 5.74) is 4.01. The Kier molecular flexibility index (Phi) is 5.18. The number of nitro benzene ring substituents is 1. The first-order chi connectivity index (χ1) is 16.0. The molecule has 1 atom stereocenters. The van der Waals surface area contributed by atoms with Crippen LogP contribution in [0.3, 0.4) is 0 Å². The number of hydrogen-bond acceptors (Lipinski definition) is 5. The molecule has 1 aromatic heterocycles. The summed E-state index contributed by atoms with van der Waals surface area (Å²) in [6.45, 7) is 0.428. The smallest absolute Gasteiger partial charge is 0.269 e. The highest BCUT2D eigenvalue weighted by molar-refractivity contribution is 6.01. The van der Waals surface area contributed by atoms with Gasteiger partial charge in [0, 0.05) is 47.0 Å². The first kappa shape index (κ1) is 20.6. The molecule has 1 aliphatic heterocycles. The van der Waals surface area contributed by atoms with Crippen molar-refractivity contribution in [1.82, 2.24) is 9.88 Å². The number of rotatable bonds is 6. The lowest BCUT2D eigenvalue weighted by molar-refractivity contribution is -0.384. The minimum Gasteiger partial charge on any atom is -0.497 e. The zero-order valence-corrected chi connectivity index (χ0v) is 17.9. The molecule has 166 valence electrons. The summed E-state index contributed by atoms with van der Waals surface area (Å²) in [5, 5.41) is 15.8. The number of nitrogens with one attached hydrogen (secondary N) is 2. The maximum Gasteiger partial charge on any atom is 0.269 e. The molecular formula is C25H22N4O4. The number of nitro groups is 1. The van der Waals surface area contributed by atoms with Gasteiger partial charge in [-0.3, -0.25) is 14.9 Å². The van der Waals surface area contributed by atoms with Crippen molar-refractivity contribution in [2.24, 2.45) is 0 Å². The van der Waals surface area contributed by atoms with Crippen LogP contribution < -0.4 is 10.1 Å². The molecule has 8 nitrogen and oxygen atoms in total. The predicted octanol–water partition coefficient (Wildman–Crippen LogP) is 4.89. The molecule has 0 saturated carbocycles. The second kappa shape index (κ2) is 8.31. The van der Waals surface area contributed by atoms with Gasteiger partial charge in [0.25, 0.3) is 11.6 Å². The van der Waals surface area contributed by atoms with E-state index in [0.717, 1.165) is 22.2 Å². The molecule has 8 heteroatoms. The maximum absolute atomic E-state index is 13.5. The lowest BCUT2D eigenvalue weighted by atomic mass is 10.0. The highest BCUT2D eigenvalue weighted by Crippen LogP contribution is 2.34. The van der Waals surface area contributed by atoms with Crippen LogP contribution in [0, 0.1) is 10.1 Å². The molecule has 0 aliphatic carbocycles. The molecule has 0 fully saturated rings. The molecule has 5 rings (SSSR count). The van der Waals surface area contributed by atoms with E-state index in [-0.39, 0.29) is 11.6 Å². The number of carbonyl (C=O) groups excluding carboxylic acids is 1. The fraction of sp³-hybridized carbons (Fsp3) is 0.160. The molecule has 0 spiro atoms. The molecule has 0 bridgehead atoms. The Labute approximate surface area is 189 Å². The molecule has 0 saturated heterocycles. The van der Waals surface area contributed by atoms with Crippen LogP contribution in [-0.4, -0.2) is 34.4 Å². The minimum atomic E-state index is -0.521. The minimum absolute atomic E-state index is 0.00992. The van der Waals surface area contributed by atoms with Crippen LogP contribution in [0.2, 0.25) is 0 Å². The summed E-state index contributed by atoms with van der Waals surface area (Å²) in [5.74, 6) is 0.653. The van der Waals surface area contributed by atoms with Gasteiger partial charge in [0.05, 0.1) is 17.6 Å². The van der Waals surface area contributed by atoms with Crippen LogP contribution in [0.1, 0.15) is 27.7 Å². The molecule has 1 unspecified atom stereocenters. The second-order valence-corrected chi connectivity index (χ2v) is 7.92. The van der Waals surface area contributed by atoms with Crippen molar-refractivity contribution >= 4 is 28.2 Å². The summed E-state index contributed by atoms with van der Waals surface area (Å²) >= 11 is 0. The monoisotopic (exact) mass is 442 g/mol. The Bertz CT molecular complexity index is 1360. The van der Waals surface area contributed by atoms with Crippen LogP contribution in [0.5, 0.6) is 5.75 Å². The molecular weight excluding hydrogens is 420 g/mol. The van der Waals surface area contributed by atoms with Gasteiger partial charge in [-0.15, -0.1) is 0 Å². The van der Waals surface area contributed by atoms with Crippen molar-refractivity contribution in [3.8, 4) is 5.75 Å². The quantitative estimate of drug-likeness (QED) is 0.327. The number of benzene rings is 3. The predicted molar refractivity (Wildman–Crippen MR) is 125 cm³/mol. The van der Waals surface area contributed by atoms with E-state index in [4.69, 9.17) is 4.74 Å². The van der Waals surface area contributed by atoms with E-state index in [1.165, 1.54) is 12.1 Å². The fourth-order valence-corrected chi connectivity index (χ4v) is 4.33. The number of aromatic nitrogens is 1. The molecule has 1 aliphatic rings. The van der Waals surface area contributed by atoms with Gasteiger partial charge < -0.3 is 19.9 Å². The van der Waals surface area contributed by atoms with E-state index in [1.54, 1.807) is 30.2 Å². The number of non-ortho nitro benzene ring substituents is 1. The number of H-pyrrole nitrogens is 1. The third-order valence-electron chi connectivity index (χ3n) is 6.02. The van der Waals surface area contributed by atoms with Crippen LogP contribution in [0.25, 0.3) is 10.9 Å². The topological polar surface area (TPSA) is 100 Å². The highest BCUT2D eigenvalue weighted by Gasteiger charge is 2.33. The first-order valence-corrected chi connectivity index (χ1v) is 10.6. The average molecular weight is 442 g/mol. The number of methoxy groups -OCH3 is 1. The van der Waals surface area contributed by atoms with Gasteiger partial charge in [-0.1, -0.05) is 24.3 Å². The Morgan fingerprint density at radius 2 is 1.94 bits per heavy atom. The maximum atomic E-state index is 13.5. The van der Waals surface area contributed by atoms with Gasteiger partial charge >= 0.3 is 0 Å². The van der Waals surface area contributed by atoms with Gasteiger partial charge in [-0.05, 0) is 42.3 Å². The average Bonchev–Trinajstić information content (AvgIpc) is 3.25. The standard InChI is InChI=1S/C25H22N4O4/c1-33-19-9-10-22-21(14-19)17(15-26-22)11-12-28-24(16-5-4-6-18(13-16)29(31)32)27-23-8-3-2-7-20(23)25(28)30/h2-10,13-15,24,26-27H,11-12H2,1H3. The zero-order valence-electron chi connectivity index (χ0n) is 17.9. The van der Waals surface area contributed by atoms with E-state index in [9.17, 15) is 14.9 Å². The van der Waals surface area contributed by atoms with E-state index < -0.39 is 11.1 Å². The summed E-state index contributed by atoms with van der Waals surface area (Å²) in [6.07, 6.45) is 2.03. The fourth-order valence-electron chi connectivity index (χ4n) is 4.33. The summed E-state index contributed by atoms with van der Waals surface area (Å²) in [6, 6.07) is 19.6. The largest absolute Gasteiger partial charge is 0.497 e. The molecule has 0 radical (unpaired) electrons. The van der Waals surface area contributed by atoms with Gasteiger partial charge in [-0.2, -0.15) is 0 Å². The number of carbonyl (C=O) groups is 1. The summed E-state index contributed by atoms with van der Waals surface area (Å²) in [7, 11) is 1.63. The van der Waals surface area contributed by atoms with Crippen molar-refractivity contribution < 1.29 is 14.5 Å². The van der Waals surface area contributed by atoms with E-state index in [0.29, 0.717) is 29.8 Å². The van der Waals surface area contributed by atoms with Crippen molar-refractivity contribution in [2.45, 2.75) is 12.6 Å². The van der Waals surface area contributed by atoms with Gasteiger partial charge in [0.2, 0.25) is 0 Å². The number of amides is 1. The van der Waals surface area contributed by atoms with E-state index in [1.807, 2.05) is 42.6 Å². The lowest BCUT2D eigenvalue weighted by Crippen LogP contribution is -2.44. The molecule has 33 heavy (non-hydrogen) atoms. The van der Waals surface area contributed by atoms with Crippen LogP contribution in [0.15, 0.2) is 72.9 Å². The van der Waals surface area contributed by atoms with Gasteiger partial charge in [-0.25, -0.2) is 0 Å². The van der Waals surface area contributed by atoms with Crippen molar-refractivity contribution in [3.63, 3.8) is 0 Å². The van der Waals surface area contributed by atoms with Crippen LogP contribution >= 0.6 is 0 Å². The van der Waals surface area contributed by atoms with Crippen molar-refractivity contribution in [2.75, 3.05) is 19.0 Å². The number of ether oxygens (including phenoxy) is 1. The first-order valence-electron chi connectivity index (χ1n) is 10.6. The van der Waals surface area contributed by atoms with Crippen molar-refractivity contribution in [3.05, 3.63) is 99.7 Å². The highest BCUT2D eigenvalue weighted by atomic mass is 16.6. The number of aromatic amines is 1. The third-order valence-corrected chi connectivity index (χ3v) is 6.02. The van der Waals surface area contributed by atoms with Crippen molar-refractivity contribution in [1.29, 1.82) is 0 Å². The number of hydrogen-bond donors (Lipinski definition) is 2. The number of para-hydroxylation sites is 1. The Balaban J connectivity index is 1.50. The molecule has 2 N–H and O–H groups in total. The van der Waals surface area contributed by atoms with Gasteiger partial charge in [0.15, 0.2) is 0 Å². The normalized spacial score (nSPS) is 15.2. The molecule has 4 aromatic rings. The summed E-state index contributed by atoms with van der Waals surface area (Å²) < 4.78 is 5.36. The number of nitrogens with zero attached hydrogens (tertiary/aromatic N) is 2. The third kappa shape index (κ3) is 3.76. The second-order valence-electron chi connectivity index (χ2n) is 7.92. The zero-order chi connectivity index (χ0) is 22.9. The molecule has 3 aromatic carbocycles.